The molecule has 0 spiro atoms. The Hall–Kier alpha value is -2.57. The molecule has 6 nitrogen and oxygen atoms in total. The Kier molecular flexibility index (Phi) is 5.21. The molecule has 2 aromatic rings. The summed E-state index contributed by atoms with van der Waals surface area (Å²) in [6.07, 6.45) is 0. The second kappa shape index (κ2) is 7.55. The lowest BCUT2D eigenvalue weighted by molar-refractivity contribution is 0.0634. The summed E-state index contributed by atoms with van der Waals surface area (Å²) < 4.78 is 0. The van der Waals surface area contributed by atoms with Gasteiger partial charge in [-0.05, 0) is 35.9 Å². The first-order chi connectivity index (χ1) is 12.0. The van der Waals surface area contributed by atoms with Crippen LogP contribution in [-0.4, -0.2) is 36.5 Å². The number of anilines is 1. The lowest BCUT2D eigenvalue weighted by Gasteiger charge is -2.36. The summed E-state index contributed by atoms with van der Waals surface area (Å²) in [5.41, 5.74) is 7.12. The van der Waals surface area contributed by atoms with Gasteiger partial charge in [0, 0.05) is 35.9 Å². The van der Waals surface area contributed by atoms with Crippen molar-refractivity contribution in [1.29, 1.82) is 0 Å². The van der Waals surface area contributed by atoms with Crippen LogP contribution < -0.4 is 16.4 Å². The van der Waals surface area contributed by atoms with Gasteiger partial charge in [0.25, 0.3) is 5.91 Å². The normalized spacial score (nSPS) is 17.2. The zero-order valence-electron chi connectivity index (χ0n) is 13.5. The van der Waals surface area contributed by atoms with Gasteiger partial charge in [-0.3, -0.25) is 4.79 Å². The van der Waals surface area contributed by atoms with Crippen LogP contribution in [-0.2, 0) is 0 Å². The third kappa shape index (κ3) is 4.10. The lowest BCUT2D eigenvalue weighted by atomic mass is 10.0. The molecule has 0 aliphatic carbocycles. The Morgan fingerprint density at radius 1 is 1.20 bits per heavy atom. The van der Waals surface area contributed by atoms with Gasteiger partial charge in [0.15, 0.2) is 0 Å². The first-order valence-corrected chi connectivity index (χ1v) is 8.36. The Morgan fingerprint density at radius 2 is 2.00 bits per heavy atom. The van der Waals surface area contributed by atoms with E-state index in [9.17, 15) is 9.59 Å². The van der Waals surface area contributed by atoms with Crippen LogP contribution >= 0.6 is 11.6 Å². The van der Waals surface area contributed by atoms with Crippen molar-refractivity contribution in [1.82, 2.24) is 10.2 Å². The molecule has 130 valence electrons. The third-order valence-corrected chi connectivity index (χ3v) is 4.35. The molecule has 3 rings (SSSR count). The molecule has 0 bridgehead atoms. The van der Waals surface area contributed by atoms with Crippen LogP contribution in [0.3, 0.4) is 0 Å². The van der Waals surface area contributed by atoms with Gasteiger partial charge in [-0.2, -0.15) is 0 Å². The molecule has 1 atom stereocenters. The van der Waals surface area contributed by atoms with Crippen molar-refractivity contribution in [3.63, 3.8) is 0 Å². The molecule has 1 unspecified atom stereocenters. The minimum Gasteiger partial charge on any atom is -0.351 e. The number of nitrogens with two attached hydrogens (primary N) is 1. The number of hydrogen-bond acceptors (Lipinski definition) is 3. The average molecular weight is 359 g/mol. The van der Waals surface area contributed by atoms with Gasteiger partial charge >= 0.3 is 6.03 Å². The predicted octanol–water partition coefficient (Wildman–Crippen LogP) is 2.62. The fourth-order valence-electron chi connectivity index (χ4n) is 3.00. The van der Waals surface area contributed by atoms with Gasteiger partial charge < -0.3 is 21.3 Å². The molecule has 1 aliphatic rings. The molecule has 1 heterocycles. The monoisotopic (exact) mass is 358 g/mol. The minimum atomic E-state index is -0.663. The van der Waals surface area contributed by atoms with Crippen LogP contribution in [0.5, 0.6) is 0 Å². The first kappa shape index (κ1) is 17.3. The van der Waals surface area contributed by atoms with E-state index in [0.717, 1.165) is 12.1 Å². The number of nitrogens with one attached hydrogen (secondary N) is 2. The maximum Gasteiger partial charge on any atom is 0.316 e. The fourth-order valence-corrected chi connectivity index (χ4v) is 3.20. The number of rotatable bonds is 3. The number of benzene rings is 2. The number of piperazine rings is 1. The smallest absolute Gasteiger partial charge is 0.316 e. The maximum atomic E-state index is 13.0. The van der Waals surface area contributed by atoms with E-state index in [2.05, 4.69) is 10.6 Å². The van der Waals surface area contributed by atoms with E-state index in [0.29, 0.717) is 29.4 Å². The zero-order chi connectivity index (χ0) is 17.8. The molecule has 2 aromatic carbocycles. The van der Waals surface area contributed by atoms with E-state index in [1.54, 1.807) is 24.3 Å². The predicted molar refractivity (Wildman–Crippen MR) is 97.7 cm³/mol. The molecule has 0 radical (unpaired) electrons. The number of carbonyl (C=O) groups is 2. The number of primary amides is 1. The Bertz CT molecular complexity index is 796. The van der Waals surface area contributed by atoms with E-state index in [4.69, 9.17) is 17.3 Å². The van der Waals surface area contributed by atoms with Crippen molar-refractivity contribution in [2.24, 2.45) is 5.73 Å². The van der Waals surface area contributed by atoms with Gasteiger partial charge in [0.1, 0.15) is 0 Å². The molecule has 0 saturated carbocycles. The van der Waals surface area contributed by atoms with Crippen LogP contribution in [0.1, 0.15) is 22.0 Å². The van der Waals surface area contributed by atoms with Crippen molar-refractivity contribution in [2.45, 2.75) is 6.04 Å². The van der Waals surface area contributed by atoms with Crippen LogP contribution in [0.15, 0.2) is 48.5 Å². The second-order valence-corrected chi connectivity index (χ2v) is 6.28. The molecule has 3 amide bonds. The Labute approximate surface area is 150 Å². The topological polar surface area (TPSA) is 87.5 Å². The van der Waals surface area contributed by atoms with Gasteiger partial charge in [-0.1, -0.05) is 29.8 Å². The van der Waals surface area contributed by atoms with Gasteiger partial charge in [0.05, 0.1) is 6.04 Å². The molecule has 25 heavy (non-hydrogen) atoms. The average Bonchev–Trinajstić information content (AvgIpc) is 2.61. The molecule has 0 aromatic heterocycles. The largest absolute Gasteiger partial charge is 0.351 e. The maximum absolute atomic E-state index is 13.0. The van der Waals surface area contributed by atoms with Crippen molar-refractivity contribution >= 4 is 29.2 Å². The fraction of sp³-hybridized carbons (Fsp3) is 0.222. The summed E-state index contributed by atoms with van der Waals surface area (Å²) in [6, 6.07) is 13.5. The number of carbonyl (C=O) groups excluding carboxylic acids is 2. The van der Waals surface area contributed by atoms with Crippen LogP contribution in [0, 0.1) is 0 Å². The summed E-state index contributed by atoms with van der Waals surface area (Å²) in [6.45, 7) is 1.97. The van der Waals surface area contributed by atoms with Gasteiger partial charge in [-0.25, -0.2) is 4.79 Å². The molecule has 4 N–H and O–H groups in total. The van der Waals surface area contributed by atoms with Crippen LogP contribution in [0.2, 0.25) is 5.02 Å². The number of hydrogen-bond donors (Lipinski definition) is 3. The summed E-state index contributed by atoms with van der Waals surface area (Å²) in [7, 11) is 0. The summed E-state index contributed by atoms with van der Waals surface area (Å²) >= 11 is 6.10. The third-order valence-electron chi connectivity index (χ3n) is 4.11. The van der Waals surface area contributed by atoms with Crippen LogP contribution in [0.25, 0.3) is 0 Å². The van der Waals surface area contributed by atoms with Crippen LogP contribution in [0.4, 0.5) is 10.5 Å². The van der Waals surface area contributed by atoms with E-state index in [1.807, 2.05) is 29.2 Å². The van der Waals surface area contributed by atoms with E-state index in [-0.39, 0.29) is 11.9 Å². The summed E-state index contributed by atoms with van der Waals surface area (Å²) in [4.78, 5) is 25.9. The highest BCUT2D eigenvalue weighted by molar-refractivity contribution is 6.30. The summed E-state index contributed by atoms with van der Waals surface area (Å²) in [5.74, 6) is -0.0976. The standard InChI is InChI=1S/C18H19ClN4O2/c19-14-5-1-3-12(9-14)16-11-21-7-8-23(16)17(24)13-4-2-6-15(10-13)22-18(20)25/h1-6,9-10,16,21H,7-8,11H2,(H3,20,22,25). The highest BCUT2D eigenvalue weighted by Gasteiger charge is 2.28. The van der Waals surface area contributed by atoms with Crippen molar-refractivity contribution < 1.29 is 9.59 Å². The number of urea groups is 1. The van der Waals surface area contributed by atoms with E-state index < -0.39 is 6.03 Å². The Balaban J connectivity index is 1.87. The van der Waals surface area contributed by atoms with Gasteiger partial charge in [-0.15, -0.1) is 0 Å². The van der Waals surface area contributed by atoms with Crippen molar-refractivity contribution in [3.05, 3.63) is 64.7 Å². The number of halogens is 1. The zero-order valence-corrected chi connectivity index (χ0v) is 14.3. The summed E-state index contributed by atoms with van der Waals surface area (Å²) in [5, 5.41) is 6.45. The molecule has 7 heteroatoms. The Morgan fingerprint density at radius 3 is 2.76 bits per heavy atom. The van der Waals surface area contributed by atoms with E-state index >= 15 is 0 Å². The second-order valence-electron chi connectivity index (χ2n) is 5.84. The SMILES string of the molecule is NC(=O)Nc1cccc(C(=O)N2CCNCC2c2cccc(Cl)c2)c1. The lowest BCUT2D eigenvalue weighted by Crippen LogP contribution is -2.48. The molecular weight excluding hydrogens is 340 g/mol. The van der Waals surface area contributed by atoms with Crippen molar-refractivity contribution in [2.75, 3.05) is 25.0 Å². The molecule has 1 saturated heterocycles. The molecule has 1 aliphatic heterocycles. The highest BCUT2D eigenvalue weighted by atomic mass is 35.5. The van der Waals surface area contributed by atoms with Gasteiger partial charge in [0.2, 0.25) is 0 Å². The first-order valence-electron chi connectivity index (χ1n) is 7.98. The quantitative estimate of drug-likeness (QED) is 0.788. The van der Waals surface area contributed by atoms with E-state index in [1.165, 1.54) is 0 Å². The van der Waals surface area contributed by atoms with Crippen molar-refractivity contribution in [3.8, 4) is 0 Å². The minimum absolute atomic E-state index is 0.0976. The molecule has 1 fully saturated rings. The highest BCUT2D eigenvalue weighted by Crippen LogP contribution is 2.26. The number of nitrogens with zero attached hydrogens (tertiary/aromatic N) is 1. The molecular formula is C18H19ClN4O2. The number of amides is 3.